The fraction of sp³-hybridized carbons (Fsp3) is 0.333. The monoisotopic (exact) mass is 448 g/mol. The van der Waals surface area contributed by atoms with Gasteiger partial charge in [-0.1, -0.05) is 43.2 Å². The Hall–Kier alpha value is -4.06. The number of carbonyl (C=O) groups excluding carboxylic acids is 1. The summed E-state index contributed by atoms with van der Waals surface area (Å²) in [6.07, 6.45) is 1.87. The molecule has 170 valence electrons. The Morgan fingerprint density at radius 2 is 1.88 bits per heavy atom. The van der Waals surface area contributed by atoms with E-state index in [9.17, 15) is 24.8 Å². The normalized spacial score (nSPS) is 14.7. The number of nitrogens with zero attached hydrogens (tertiary/aromatic N) is 3. The molecule has 0 spiro atoms. The summed E-state index contributed by atoms with van der Waals surface area (Å²) in [5, 5.41) is 21.7. The Labute approximate surface area is 189 Å². The van der Waals surface area contributed by atoms with Crippen molar-refractivity contribution in [3.05, 3.63) is 58.6 Å². The van der Waals surface area contributed by atoms with Gasteiger partial charge in [0, 0.05) is 19.6 Å². The molecular weight excluding hydrogens is 424 g/mol. The molecule has 1 saturated carbocycles. The molecule has 1 aliphatic rings. The molecule has 3 aromatic rings. The van der Waals surface area contributed by atoms with E-state index >= 15 is 0 Å². The van der Waals surface area contributed by atoms with Crippen LogP contribution in [0.3, 0.4) is 0 Å². The van der Waals surface area contributed by atoms with Gasteiger partial charge in [0.1, 0.15) is 0 Å². The lowest BCUT2D eigenvalue weighted by Gasteiger charge is -2.24. The zero-order valence-corrected chi connectivity index (χ0v) is 18.2. The van der Waals surface area contributed by atoms with E-state index in [1.807, 2.05) is 24.3 Å². The van der Waals surface area contributed by atoms with Gasteiger partial charge in [-0.15, -0.1) is 0 Å². The number of carbonyl (C=O) groups is 2. The maximum Gasteiger partial charge on any atom is 0.419 e. The SMILES string of the molecule is Cn1c(=O)oc2ccc(-c3ccc(C(C#N)CNC(=O)N(C(=O)O)C4CCCC4)cc3)cc21. The van der Waals surface area contributed by atoms with Crippen molar-refractivity contribution in [2.45, 2.75) is 37.6 Å². The molecule has 4 rings (SSSR count). The number of hydrogen-bond acceptors (Lipinski definition) is 5. The number of benzene rings is 2. The number of nitrogens with one attached hydrogen (secondary N) is 1. The third-order valence-corrected chi connectivity index (χ3v) is 6.17. The number of rotatable bonds is 5. The van der Waals surface area contributed by atoms with E-state index in [0.717, 1.165) is 28.9 Å². The lowest BCUT2D eigenvalue weighted by molar-refractivity contribution is 0.132. The molecule has 9 heteroatoms. The second-order valence-electron chi connectivity index (χ2n) is 8.19. The number of aromatic nitrogens is 1. The van der Waals surface area contributed by atoms with Crippen molar-refractivity contribution in [1.82, 2.24) is 14.8 Å². The highest BCUT2D eigenvalue weighted by Crippen LogP contribution is 2.26. The van der Waals surface area contributed by atoms with Gasteiger partial charge < -0.3 is 14.8 Å². The predicted octanol–water partition coefficient (Wildman–Crippen LogP) is 4.04. The predicted molar refractivity (Wildman–Crippen MR) is 121 cm³/mol. The molecular formula is C24H24N4O5. The third-order valence-electron chi connectivity index (χ3n) is 6.17. The summed E-state index contributed by atoms with van der Waals surface area (Å²) in [4.78, 5) is 36.6. The van der Waals surface area contributed by atoms with Gasteiger partial charge >= 0.3 is 17.9 Å². The minimum absolute atomic E-state index is 0.00820. The molecule has 1 fully saturated rings. The van der Waals surface area contributed by atoms with Crippen LogP contribution in [0, 0.1) is 11.3 Å². The third kappa shape index (κ3) is 4.46. The Balaban J connectivity index is 1.46. The lowest BCUT2D eigenvalue weighted by Crippen LogP contribution is -2.48. The number of carboxylic acid groups (broad SMARTS) is 1. The van der Waals surface area contributed by atoms with Crippen molar-refractivity contribution in [2.75, 3.05) is 6.54 Å². The van der Waals surface area contributed by atoms with E-state index in [1.165, 1.54) is 4.57 Å². The van der Waals surface area contributed by atoms with Gasteiger partial charge in [-0.3, -0.25) is 4.57 Å². The maximum atomic E-state index is 12.5. The van der Waals surface area contributed by atoms with Gasteiger partial charge in [0.15, 0.2) is 5.58 Å². The highest BCUT2D eigenvalue weighted by Gasteiger charge is 2.32. The molecule has 0 aliphatic heterocycles. The lowest BCUT2D eigenvalue weighted by atomic mass is 9.97. The van der Waals surface area contributed by atoms with Gasteiger partial charge in [0.25, 0.3) is 0 Å². The minimum Gasteiger partial charge on any atom is -0.465 e. The molecule has 2 aromatic carbocycles. The second kappa shape index (κ2) is 9.20. The van der Waals surface area contributed by atoms with Crippen LogP contribution in [0.25, 0.3) is 22.2 Å². The summed E-state index contributed by atoms with van der Waals surface area (Å²) < 4.78 is 6.60. The first-order chi connectivity index (χ1) is 15.9. The van der Waals surface area contributed by atoms with Crippen molar-refractivity contribution < 1.29 is 19.1 Å². The van der Waals surface area contributed by atoms with Gasteiger partial charge in [0.2, 0.25) is 0 Å². The van der Waals surface area contributed by atoms with Crippen molar-refractivity contribution in [3.63, 3.8) is 0 Å². The quantitative estimate of drug-likeness (QED) is 0.606. The zero-order chi connectivity index (χ0) is 23.5. The van der Waals surface area contributed by atoms with Crippen LogP contribution in [0.15, 0.2) is 51.7 Å². The highest BCUT2D eigenvalue weighted by molar-refractivity contribution is 5.90. The Morgan fingerprint density at radius 3 is 2.52 bits per heavy atom. The van der Waals surface area contributed by atoms with Crippen LogP contribution >= 0.6 is 0 Å². The van der Waals surface area contributed by atoms with Crippen molar-refractivity contribution in [3.8, 4) is 17.2 Å². The van der Waals surface area contributed by atoms with Gasteiger partial charge in [-0.05, 0) is 41.7 Å². The maximum absolute atomic E-state index is 12.5. The highest BCUT2D eigenvalue weighted by atomic mass is 16.4. The number of amides is 3. The summed E-state index contributed by atoms with van der Waals surface area (Å²) in [7, 11) is 1.64. The average molecular weight is 448 g/mol. The standard InChI is InChI=1S/C24H24N4O5/c1-27-20-12-17(10-11-21(20)33-24(27)32)15-6-8-16(9-7-15)18(13-25)14-26-22(29)28(23(30)31)19-4-2-3-5-19/h6-12,18-19H,2-5,14H2,1H3,(H,26,29)(H,30,31). The fourth-order valence-corrected chi connectivity index (χ4v) is 4.30. The van der Waals surface area contributed by atoms with Crippen molar-refractivity contribution in [1.29, 1.82) is 5.26 Å². The summed E-state index contributed by atoms with van der Waals surface area (Å²) in [5.74, 6) is -1.05. The van der Waals surface area contributed by atoms with Crippen LogP contribution in [0.2, 0.25) is 0 Å². The molecule has 0 radical (unpaired) electrons. The molecule has 0 saturated heterocycles. The topological polar surface area (TPSA) is 129 Å². The molecule has 3 amide bonds. The first-order valence-corrected chi connectivity index (χ1v) is 10.8. The van der Waals surface area contributed by atoms with E-state index in [4.69, 9.17) is 4.42 Å². The number of hydrogen-bond donors (Lipinski definition) is 2. The molecule has 2 N–H and O–H groups in total. The number of oxazole rings is 1. The number of fused-ring (bicyclic) bond motifs is 1. The average Bonchev–Trinajstić information content (AvgIpc) is 3.43. The van der Waals surface area contributed by atoms with Gasteiger partial charge in [-0.25, -0.2) is 19.3 Å². The van der Waals surface area contributed by atoms with Crippen LogP contribution in [0.1, 0.15) is 37.2 Å². The molecule has 1 aliphatic carbocycles. The minimum atomic E-state index is -1.27. The summed E-state index contributed by atoms with van der Waals surface area (Å²) >= 11 is 0. The van der Waals surface area contributed by atoms with Crippen LogP contribution in [-0.2, 0) is 7.05 Å². The van der Waals surface area contributed by atoms with E-state index in [0.29, 0.717) is 29.5 Å². The van der Waals surface area contributed by atoms with Crippen LogP contribution < -0.4 is 11.1 Å². The number of aryl methyl sites for hydroxylation is 1. The van der Waals surface area contributed by atoms with Crippen molar-refractivity contribution in [2.24, 2.45) is 7.05 Å². The Morgan fingerprint density at radius 1 is 1.21 bits per heavy atom. The Bertz CT molecular complexity index is 1280. The number of urea groups is 1. The van der Waals surface area contributed by atoms with Crippen LogP contribution in [-0.4, -0.2) is 39.3 Å². The molecule has 9 nitrogen and oxygen atoms in total. The first kappa shape index (κ1) is 22.1. The summed E-state index contributed by atoms with van der Waals surface area (Å²) in [6.45, 7) is 0.00820. The van der Waals surface area contributed by atoms with Gasteiger partial charge in [-0.2, -0.15) is 5.26 Å². The first-order valence-electron chi connectivity index (χ1n) is 10.8. The Kier molecular flexibility index (Phi) is 6.18. The smallest absolute Gasteiger partial charge is 0.419 e. The van der Waals surface area contributed by atoms with Gasteiger partial charge in [0.05, 0.1) is 17.5 Å². The van der Waals surface area contributed by atoms with E-state index in [2.05, 4.69) is 11.4 Å². The van der Waals surface area contributed by atoms with Crippen molar-refractivity contribution >= 4 is 23.2 Å². The fourth-order valence-electron chi connectivity index (χ4n) is 4.30. The number of nitriles is 1. The molecule has 0 bridgehead atoms. The zero-order valence-electron chi connectivity index (χ0n) is 18.2. The van der Waals surface area contributed by atoms with Crippen LogP contribution in [0.5, 0.6) is 0 Å². The molecule has 1 heterocycles. The molecule has 1 atom stereocenters. The summed E-state index contributed by atoms with van der Waals surface area (Å²) in [5.41, 5.74) is 3.69. The summed E-state index contributed by atoms with van der Waals surface area (Å²) in [6, 6.07) is 14.0. The molecule has 33 heavy (non-hydrogen) atoms. The van der Waals surface area contributed by atoms with E-state index in [-0.39, 0.29) is 12.6 Å². The van der Waals surface area contributed by atoms with Crippen LogP contribution in [0.4, 0.5) is 9.59 Å². The number of imide groups is 1. The van der Waals surface area contributed by atoms with E-state index in [1.54, 1.807) is 25.2 Å². The second-order valence-corrected chi connectivity index (χ2v) is 8.19. The van der Waals surface area contributed by atoms with E-state index < -0.39 is 23.8 Å². The molecule has 1 aromatic heterocycles. The largest absolute Gasteiger partial charge is 0.465 e. The molecule has 1 unspecified atom stereocenters.